The van der Waals surface area contributed by atoms with Crippen molar-refractivity contribution in [3.05, 3.63) is 70.2 Å². The maximum Gasteiger partial charge on any atom is 0.0441 e. The largest absolute Gasteiger partial charge is 0.313 e. The van der Waals surface area contributed by atoms with Crippen LogP contribution in [0.15, 0.2) is 48.5 Å². The van der Waals surface area contributed by atoms with Gasteiger partial charge in [-0.15, -0.1) is 0 Å². The third-order valence-electron chi connectivity index (χ3n) is 4.14. The lowest BCUT2D eigenvalue weighted by Gasteiger charge is -2.20. The van der Waals surface area contributed by atoms with Crippen molar-refractivity contribution in [3.63, 3.8) is 0 Å². The van der Waals surface area contributed by atoms with Gasteiger partial charge in [0.2, 0.25) is 0 Å². The van der Waals surface area contributed by atoms with Crippen molar-refractivity contribution < 1.29 is 0 Å². The van der Waals surface area contributed by atoms with Gasteiger partial charge >= 0.3 is 0 Å². The molecule has 1 fully saturated rings. The number of hydrogen-bond acceptors (Lipinski definition) is 1. The molecule has 2 heteroatoms. The average Bonchev–Trinajstić information content (AvgIpc) is 3.28. The van der Waals surface area contributed by atoms with Crippen LogP contribution < -0.4 is 5.32 Å². The molecule has 21 heavy (non-hydrogen) atoms. The second-order valence-electron chi connectivity index (χ2n) is 6.09. The molecular weight excluding hydrogens is 278 g/mol. The van der Waals surface area contributed by atoms with Crippen LogP contribution in [-0.2, 0) is 6.42 Å². The zero-order chi connectivity index (χ0) is 14.7. The van der Waals surface area contributed by atoms with Crippen LogP contribution in [0.1, 0.15) is 35.4 Å². The van der Waals surface area contributed by atoms with E-state index in [9.17, 15) is 0 Å². The molecule has 1 aliphatic carbocycles. The van der Waals surface area contributed by atoms with Crippen LogP contribution in [-0.4, -0.2) is 12.6 Å². The van der Waals surface area contributed by atoms with E-state index < -0.39 is 0 Å². The van der Waals surface area contributed by atoms with Gasteiger partial charge in [-0.2, -0.15) is 0 Å². The molecule has 2 aromatic rings. The van der Waals surface area contributed by atoms with E-state index in [0.717, 1.165) is 24.0 Å². The summed E-state index contributed by atoms with van der Waals surface area (Å²) in [6, 6.07) is 17.8. The SMILES string of the molecule is Cc1cccc(CC(CNC2CC2)c2ccccc2Cl)c1. The lowest BCUT2D eigenvalue weighted by molar-refractivity contribution is 0.577. The smallest absolute Gasteiger partial charge is 0.0441 e. The number of benzene rings is 2. The van der Waals surface area contributed by atoms with Crippen LogP contribution in [0.4, 0.5) is 0 Å². The minimum Gasteiger partial charge on any atom is -0.313 e. The number of nitrogens with one attached hydrogen (secondary N) is 1. The van der Waals surface area contributed by atoms with Crippen molar-refractivity contribution in [1.82, 2.24) is 5.32 Å². The molecule has 1 nitrogen and oxygen atoms in total. The van der Waals surface area contributed by atoms with Crippen LogP contribution in [0.25, 0.3) is 0 Å². The lowest BCUT2D eigenvalue weighted by Crippen LogP contribution is -2.25. The van der Waals surface area contributed by atoms with Crippen molar-refractivity contribution >= 4 is 11.6 Å². The van der Waals surface area contributed by atoms with E-state index in [0.29, 0.717) is 5.92 Å². The highest BCUT2D eigenvalue weighted by Crippen LogP contribution is 2.29. The highest BCUT2D eigenvalue weighted by Gasteiger charge is 2.23. The second-order valence-corrected chi connectivity index (χ2v) is 6.50. The van der Waals surface area contributed by atoms with E-state index in [-0.39, 0.29) is 0 Å². The van der Waals surface area contributed by atoms with Gasteiger partial charge in [-0.05, 0) is 43.4 Å². The molecule has 0 heterocycles. The van der Waals surface area contributed by atoms with Crippen molar-refractivity contribution in [3.8, 4) is 0 Å². The predicted octanol–water partition coefficient (Wildman–Crippen LogP) is 4.73. The predicted molar refractivity (Wildman–Crippen MR) is 90.1 cm³/mol. The Morgan fingerprint density at radius 3 is 2.67 bits per heavy atom. The molecule has 2 aromatic carbocycles. The molecule has 1 unspecified atom stereocenters. The van der Waals surface area contributed by atoms with Crippen LogP contribution >= 0.6 is 11.6 Å². The summed E-state index contributed by atoms with van der Waals surface area (Å²) in [5.41, 5.74) is 3.96. The monoisotopic (exact) mass is 299 g/mol. The lowest BCUT2D eigenvalue weighted by atomic mass is 9.91. The molecule has 110 valence electrons. The Hall–Kier alpha value is -1.31. The minimum absolute atomic E-state index is 0.432. The molecule has 0 aromatic heterocycles. The second kappa shape index (κ2) is 6.64. The number of hydrogen-bond donors (Lipinski definition) is 1. The summed E-state index contributed by atoms with van der Waals surface area (Å²) in [5, 5.41) is 4.54. The Balaban J connectivity index is 1.79. The number of halogens is 1. The summed E-state index contributed by atoms with van der Waals surface area (Å²) in [5.74, 6) is 0.432. The number of rotatable bonds is 6. The first-order chi connectivity index (χ1) is 10.2. The van der Waals surface area contributed by atoms with Crippen molar-refractivity contribution in [2.45, 2.75) is 38.1 Å². The van der Waals surface area contributed by atoms with Crippen LogP contribution in [0.2, 0.25) is 5.02 Å². The molecule has 0 radical (unpaired) electrons. The molecule has 0 amide bonds. The summed E-state index contributed by atoms with van der Waals surface area (Å²) < 4.78 is 0. The Morgan fingerprint density at radius 1 is 1.14 bits per heavy atom. The minimum atomic E-state index is 0.432. The van der Waals surface area contributed by atoms with Crippen LogP contribution in [0.5, 0.6) is 0 Å². The van der Waals surface area contributed by atoms with Gasteiger partial charge in [0.15, 0.2) is 0 Å². The third-order valence-corrected chi connectivity index (χ3v) is 4.48. The molecule has 1 aliphatic rings. The highest BCUT2D eigenvalue weighted by atomic mass is 35.5. The fourth-order valence-corrected chi connectivity index (χ4v) is 3.11. The Kier molecular flexibility index (Phi) is 4.62. The van der Waals surface area contributed by atoms with Crippen molar-refractivity contribution in [2.75, 3.05) is 6.54 Å². The van der Waals surface area contributed by atoms with Gasteiger partial charge in [0.25, 0.3) is 0 Å². The Labute approximate surface area is 132 Å². The van der Waals surface area contributed by atoms with Gasteiger partial charge in [0.1, 0.15) is 0 Å². The van der Waals surface area contributed by atoms with Gasteiger partial charge in [-0.25, -0.2) is 0 Å². The van der Waals surface area contributed by atoms with E-state index in [1.54, 1.807) is 0 Å². The molecule has 0 spiro atoms. The standard InChI is InChI=1S/C19H22ClN/c1-14-5-4-6-15(11-14)12-16(13-21-17-9-10-17)18-7-2-3-8-19(18)20/h2-8,11,16-17,21H,9-10,12-13H2,1H3. The van der Waals surface area contributed by atoms with E-state index in [1.807, 2.05) is 12.1 Å². The molecule has 3 rings (SSSR count). The first-order valence-electron chi connectivity index (χ1n) is 7.76. The molecule has 0 aliphatic heterocycles. The molecule has 1 atom stereocenters. The molecule has 1 saturated carbocycles. The van der Waals surface area contributed by atoms with Crippen molar-refractivity contribution in [2.24, 2.45) is 0 Å². The average molecular weight is 300 g/mol. The van der Waals surface area contributed by atoms with E-state index in [2.05, 4.69) is 48.6 Å². The molecule has 1 N–H and O–H groups in total. The maximum atomic E-state index is 6.42. The fraction of sp³-hybridized carbons (Fsp3) is 0.368. The Bertz CT molecular complexity index is 604. The van der Waals surface area contributed by atoms with Crippen LogP contribution in [0.3, 0.4) is 0 Å². The van der Waals surface area contributed by atoms with Gasteiger partial charge in [-0.3, -0.25) is 0 Å². The van der Waals surface area contributed by atoms with E-state index >= 15 is 0 Å². The molecule has 0 saturated heterocycles. The van der Waals surface area contributed by atoms with E-state index in [1.165, 1.54) is 29.5 Å². The summed E-state index contributed by atoms with van der Waals surface area (Å²) in [6.45, 7) is 3.15. The van der Waals surface area contributed by atoms with Gasteiger partial charge < -0.3 is 5.32 Å². The van der Waals surface area contributed by atoms with Gasteiger partial charge in [-0.1, -0.05) is 59.6 Å². The summed E-state index contributed by atoms with van der Waals surface area (Å²) in [7, 11) is 0. The first kappa shape index (κ1) is 14.6. The maximum absolute atomic E-state index is 6.42. The number of aryl methyl sites for hydroxylation is 1. The van der Waals surface area contributed by atoms with Crippen LogP contribution in [0, 0.1) is 6.92 Å². The van der Waals surface area contributed by atoms with Gasteiger partial charge in [0, 0.05) is 23.5 Å². The zero-order valence-corrected chi connectivity index (χ0v) is 13.2. The van der Waals surface area contributed by atoms with Gasteiger partial charge in [0.05, 0.1) is 0 Å². The first-order valence-corrected chi connectivity index (χ1v) is 8.13. The molecule has 0 bridgehead atoms. The zero-order valence-electron chi connectivity index (χ0n) is 12.5. The van der Waals surface area contributed by atoms with Crippen molar-refractivity contribution in [1.29, 1.82) is 0 Å². The molecular formula is C19H22ClN. The quantitative estimate of drug-likeness (QED) is 0.813. The Morgan fingerprint density at radius 2 is 1.95 bits per heavy atom. The summed E-state index contributed by atoms with van der Waals surface area (Å²) in [4.78, 5) is 0. The summed E-state index contributed by atoms with van der Waals surface area (Å²) >= 11 is 6.42. The third kappa shape index (κ3) is 4.09. The highest BCUT2D eigenvalue weighted by molar-refractivity contribution is 6.31. The summed E-state index contributed by atoms with van der Waals surface area (Å²) in [6.07, 6.45) is 3.67. The fourth-order valence-electron chi connectivity index (χ4n) is 2.82. The topological polar surface area (TPSA) is 12.0 Å². The van der Waals surface area contributed by atoms with E-state index in [4.69, 9.17) is 11.6 Å². The normalized spacial score (nSPS) is 15.9.